The Balaban J connectivity index is 2.01. The number of phenolic OH excluding ortho intramolecular Hbond substituents is 1. The molecular weight excluding hydrogens is 476 g/mol. The van der Waals surface area contributed by atoms with E-state index < -0.39 is 54.3 Å². The van der Waals surface area contributed by atoms with Crippen LogP contribution in [-0.4, -0.2) is 79.6 Å². The highest BCUT2D eigenvalue weighted by atomic mass is 16.4. The van der Waals surface area contributed by atoms with Gasteiger partial charge in [0.05, 0.1) is 18.9 Å². The fourth-order valence-electron chi connectivity index (χ4n) is 3.12. The van der Waals surface area contributed by atoms with Crippen LogP contribution < -0.4 is 21.7 Å². The number of aromatic nitrogens is 2. The van der Waals surface area contributed by atoms with E-state index in [1.807, 2.05) is 0 Å². The fourth-order valence-corrected chi connectivity index (χ4v) is 3.12. The van der Waals surface area contributed by atoms with Gasteiger partial charge in [-0.1, -0.05) is 12.1 Å². The molecule has 3 amide bonds. The molecule has 2 rings (SSSR count). The Hall–Kier alpha value is -4.46. The maximum Gasteiger partial charge on any atom is 0.326 e. The first-order valence-electron chi connectivity index (χ1n) is 10.9. The lowest BCUT2D eigenvalue weighted by Crippen LogP contribution is -2.54. The van der Waals surface area contributed by atoms with Crippen molar-refractivity contribution in [3.05, 3.63) is 48.0 Å². The Morgan fingerprint density at radius 2 is 1.67 bits per heavy atom. The lowest BCUT2D eigenvalue weighted by molar-refractivity contribution is -0.141. The van der Waals surface area contributed by atoms with Crippen LogP contribution in [0.5, 0.6) is 5.75 Å². The predicted octanol–water partition coefficient (Wildman–Crippen LogP) is -1.74. The fraction of sp³-hybridized carbons (Fsp3) is 0.364. The number of carboxylic acids is 2. The summed E-state index contributed by atoms with van der Waals surface area (Å²) in [7, 11) is 0. The molecule has 0 aliphatic carbocycles. The van der Waals surface area contributed by atoms with E-state index in [1.165, 1.54) is 36.8 Å². The summed E-state index contributed by atoms with van der Waals surface area (Å²) in [5.41, 5.74) is 6.78. The quantitative estimate of drug-likeness (QED) is 0.144. The van der Waals surface area contributed by atoms with Crippen LogP contribution in [0.2, 0.25) is 0 Å². The summed E-state index contributed by atoms with van der Waals surface area (Å²) in [6.07, 6.45) is 2.22. The van der Waals surface area contributed by atoms with Gasteiger partial charge in [0.25, 0.3) is 0 Å². The standard InChI is InChI=1S/C22H28N6O8/c23-15(5-6-19(31)32)20(33)28-16(7-12-1-3-14(29)4-2-12)21(34)25-10-18(30)27-17(22(35)36)8-13-9-24-11-26-13/h1-4,9,11,15-17,29H,5-8,10,23H2,(H,24,26)(H,25,34)(H,27,30)(H,28,33)(H,31,32)(H,35,36). The first-order chi connectivity index (χ1) is 17.0. The SMILES string of the molecule is NC(CCC(=O)O)C(=O)NC(Cc1ccc(O)cc1)C(=O)NCC(=O)NC(Cc1cnc[nH]1)C(=O)O. The lowest BCUT2D eigenvalue weighted by Gasteiger charge is -2.21. The summed E-state index contributed by atoms with van der Waals surface area (Å²) in [6.45, 7) is -0.571. The molecule has 194 valence electrons. The summed E-state index contributed by atoms with van der Waals surface area (Å²) in [6, 6.07) is 2.21. The van der Waals surface area contributed by atoms with Gasteiger partial charge in [-0.2, -0.15) is 0 Å². The molecule has 9 N–H and O–H groups in total. The number of H-pyrrole nitrogens is 1. The van der Waals surface area contributed by atoms with Crippen molar-refractivity contribution in [2.24, 2.45) is 5.73 Å². The summed E-state index contributed by atoms with van der Waals surface area (Å²) in [4.78, 5) is 66.2. The van der Waals surface area contributed by atoms with E-state index in [-0.39, 0.29) is 31.4 Å². The number of carbonyl (C=O) groups is 5. The number of aliphatic carboxylic acids is 2. The molecule has 2 aromatic rings. The number of carboxylic acid groups (broad SMARTS) is 2. The van der Waals surface area contributed by atoms with Crippen molar-refractivity contribution in [2.75, 3.05) is 6.54 Å². The molecule has 0 aliphatic rings. The molecule has 0 aliphatic heterocycles. The summed E-state index contributed by atoms with van der Waals surface area (Å²) in [5, 5.41) is 34.7. The molecule has 14 heteroatoms. The minimum Gasteiger partial charge on any atom is -0.508 e. The van der Waals surface area contributed by atoms with Gasteiger partial charge in [-0.3, -0.25) is 19.2 Å². The van der Waals surface area contributed by atoms with Crippen LogP contribution in [0.4, 0.5) is 0 Å². The van der Waals surface area contributed by atoms with E-state index >= 15 is 0 Å². The molecule has 14 nitrogen and oxygen atoms in total. The molecule has 0 saturated carbocycles. The highest BCUT2D eigenvalue weighted by Crippen LogP contribution is 2.12. The predicted molar refractivity (Wildman–Crippen MR) is 123 cm³/mol. The summed E-state index contributed by atoms with van der Waals surface area (Å²) >= 11 is 0. The maximum absolute atomic E-state index is 12.8. The third kappa shape index (κ3) is 9.42. The third-order valence-electron chi connectivity index (χ3n) is 5.05. The largest absolute Gasteiger partial charge is 0.508 e. The number of imidazole rings is 1. The number of rotatable bonds is 14. The number of phenols is 1. The van der Waals surface area contributed by atoms with Crippen molar-refractivity contribution in [3.63, 3.8) is 0 Å². The minimum atomic E-state index is -1.28. The van der Waals surface area contributed by atoms with Crippen molar-refractivity contribution >= 4 is 29.7 Å². The molecule has 0 spiro atoms. The van der Waals surface area contributed by atoms with Crippen LogP contribution in [0.3, 0.4) is 0 Å². The highest BCUT2D eigenvalue weighted by Gasteiger charge is 2.26. The second-order valence-corrected chi connectivity index (χ2v) is 7.93. The second-order valence-electron chi connectivity index (χ2n) is 7.93. The van der Waals surface area contributed by atoms with Crippen LogP contribution in [0.1, 0.15) is 24.1 Å². The third-order valence-corrected chi connectivity index (χ3v) is 5.05. The first kappa shape index (κ1) is 27.8. The number of nitrogens with zero attached hydrogens (tertiary/aromatic N) is 1. The zero-order valence-corrected chi connectivity index (χ0v) is 19.1. The van der Waals surface area contributed by atoms with Gasteiger partial charge in [0, 0.05) is 31.2 Å². The Labute approximate surface area is 205 Å². The first-order valence-corrected chi connectivity index (χ1v) is 10.9. The number of aromatic hydroxyl groups is 1. The van der Waals surface area contributed by atoms with E-state index in [9.17, 15) is 34.2 Å². The van der Waals surface area contributed by atoms with Gasteiger partial charge < -0.3 is 42.0 Å². The second kappa shape index (κ2) is 13.4. The Kier molecular flexibility index (Phi) is 10.4. The smallest absolute Gasteiger partial charge is 0.326 e. The normalized spacial score (nSPS) is 13.1. The molecule has 0 fully saturated rings. The Morgan fingerprint density at radius 3 is 2.25 bits per heavy atom. The number of carbonyl (C=O) groups excluding carboxylic acids is 3. The van der Waals surface area contributed by atoms with Crippen LogP contribution in [0, 0.1) is 0 Å². The highest BCUT2D eigenvalue weighted by molar-refractivity contribution is 5.92. The number of amides is 3. The Morgan fingerprint density at radius 1 is 0.972 bits per heavy atom. The van der Waals surface area contributed by atoms with Gasteiger partial charge in [0.15, 0.2) is 0 Å². The van der Waals surface area contributed by atoms with Crippen molar-refractivity contribution in [1.82, 2.24) is 25.9 Å². The number of hydrogen-bond acceptors (Lipinski definition) is 8. The van der Waals surface area contributed by atoms with Crippen LogP contribution in [0.25, 0.3) is 0 Å². The van der Waals surface area contributed by atoms with E-state index in [2.05, 4.69) is 25.9 Å². The Bertz CT molecular complexity index is 1060. The van der Waals surface area contributed by atoms with Gasteiger partial charge >= 0.3 is 11.9 Å². The van der Waals surface area contributed by atoms with E-state index in [4.69, 9.17) is 10.8 Å². The molecular formula is C22H28N6O8. The number of nitrogens with two attached hydrogens (primary N) is 1. The molecule has 36 heavy (non-hydrogen) atoms. The van der Waals surface area contributed by atoms with Crippen molar-refractivity contribution in [1.29, 1.82) is 0 Å². The summed E-state index contributed by atoms with van der Waals surface area (Å²) < 4.78 is 0. The monoisotopic (exact) mass is 504 g/mol. The molecule has 3 unspecified atom stereocenters. The van der Waals surface area contributed by atoms with Crippen molar-refractivity contribution < 1.29 is 39.3 Å². The van der Waals surface area contributed by atoms with Crippen LogP contribution in [-0.2, 0) is 36.8 Å². The molecule has 1 aromatic carbocycles. The van der Waals surface area contributed by atoms with Crippen molar-refractivity contribution in [3.8, 4) is 5.75 Å². The molecule has 0 radical (unpaired) electrons. The minimum absolute atomic E-state index is 0.000680. The van der Waals surface area contributed by atoms with Gasteiger partial charge in [0.2, 0.25) is 17.7 Å². The number of aromatic amines is 1. The van der Waals surface area contributed by atoms with E-state index in [0.717, 1.165) is 0 Å². The number of hydrogen-bond donors (Lipinski definition) is 8. The van der Waals surface area contributed by atoms with Crippen molar-refractivity contribution in [2.45, 2.75) is 43.8 Å². The zero-order valence-electron chi connectivity index (χ0n) is 19.1. The molecule has 1 heterocycles. The van der Waals surface area contributed by atoms with E-state index in [1.54, 1.807) is 0 Å². The molecule has 0 saturated heterocycles. The van der Waals surface area contributed by atoms with Crippen LogP contribution in [0.15, 0.2) is 36.8 Å². The van der Waals surface area contributed by atoms with Gasteiger partial charge in [-0.25, -0.2) is 9.78 Å². The molecule has 1 aromatic heterocycles. The van der Waals surface area contributed by atoms with Gasteiger partial charge in [-0.05, 0) is 24.1 Å². The molecule has 3 atom stereocenters. The number of nitrogens with one attached hydrogen (secondary N) is 4. The summed E-state index contributed by atoms with van der Waals surface area (Å²) in [5.74, 6) is -4.70. The number of benzene rings is 1. The van der Waals surface area contributed by atoms with Crippen LogP contribution >= 0.6 is 0 Å². The lowest BCUT2D eigenvalue weighted by atomic mass is 10.0. The zero-order chi connectivity index (χ0) is 26.7. The topological polar surface area (TPSA) is 237 Å². The maximum atomic E-state index is 12.8. The molecule has 0 bridgehead atoms. The van der Waals surface area contributed by atoms with E-state index in [0.29, 0.717) is 11.3 Å². The average molecular weight is 505 g/mol. The van der Waals surface area contributed by atoms with Gasteiger partial charge in [0.1, 0.15) is 17.8 Å². The van der Waals surface area contributed by atoms with Gasteiger partial charge in [-0.15, -0.1) is 0 Å². The average Bonchev–Trinajstić information content (AvgIpc) is 3.34.